The highest BCUT2D eigenvalue weighted by atomic mass is 19.2. The predicted octanol–water partition coefficient (Wildman–Crippen LogP) is 9.01. The van der Waals surface area contributed by atoms with Gasteiger partial charge < -0.3 is 9.84 Å². The summed E-state index contributed by atoms with van der Waals surface area (Å²) in [5, 5.41) is 10.1. The standard InChI is InChI=1S/C34H33F3O2/c1-3-5-21-39-32-20-18-28(22-30(32)35)24-10-7-23(8-11-24)9-12-27-17-19-29(34(37)33(27)36)25-13-15-26(16-14-25)31(38)6-4-2/h3,7-8,10-11,13-20,22,31,38H,1,4-6,9,12,21H2,2H3. The van der Waals surface area contributed by atoms with Crippen molar-refractivity contribution in [3.63, 3.8) is 0 Å². The number of aliphatic hydroxyl groups is 1. The molecule has 4 aromatic rings. The van der Waals surface area contributed by atoms with Crippen LogP contribution in [0.15, 0.2) is 91.5 Å². The van der Waals surface area contributed by atoms with E-state index in [9.17, 15) is 18.3 Å². The Balaban J connectivity index is 1.40. The molecule has 5 heteroatoms. The molecular weight excluding hydrogens is 497 g/mol. The fourth-order valence-electron chi connectivity index (χ4n) is 4.52. The summed E-state index contributed by atoms with van der Waals surface area (Å²) < 4.78 is 49.7. The van der Waals surface area contributed by atoms with E-state index in [4.69, 9.17) is 4.74 Å². The molecule has 0 aromatic heterocycles. The van der Waals surface area contributed by atoms with E-state index in [2.05, 4.69) is 6.58 Å². The molecule has 0 bridgehead atoms. The second-order valence-electron chi connectivity index (χ2n) is 9.59. The summed E-state index contributed by atoms with van der Waals surface area (Å²) in [6.45, 7) is 6.00. The first kappa shape index (κ1) is 28.2. The van der Waals surface area contributed by atoms with Gasteiger partial charge in [-0.25, -0.2) is 13.2 Å². The topological polar surface area (TPSA) is 29.5 Å². The lowest BCUT2D eigenvalue weighted by molar-refractivity contribution is 0.166. The summed E-state index contributed by atoms with van der Waals surface area (Å²) in [6, 6.07) is 22.7. The van der Waals surface area contributed by atoms with E-state index in [0.29, 0.717) is 43.4 Å². The first-order valence-corrected chi connectivity index (χ1v) is 13.3. The van der Waals surface area contributed by atoms with E-state index in [1.165, 1.54) is 6.07 Å². The summed E-state index contributed by atoms with van der Waals surface area (Å²) >= 11 is 0. The fourth-order valence-corrected chi connectivity index (χ4v) is 4.52. The Labute approximate surface area is 228 Å². The van der Waals surface area contributed by atoms with Gasteiger partial charge in [0.15, 0.2) is 23.2 Å². The Morgan fingerprint density at radius 2 is 1.51 bits per heavy atom. The van der Waals surface area contributed by atoms with Crippen molar-refractivity contribution in [1.82, 2.24) is 0 Å². The summed E-state index contributed by atoms with van der Waals surface area (Å²) in [4.78, 5) is 0. The summed E-state index contributed by atoms with van der Waals surface area (Å²) in [5.74, 6) is -1.93. The molecule has 1 atom stereocenters. The molecule has 0 aliphatic carbocycles. The second-order valence-corrected chi connectivity index (χ2v) is 9.59. The van der Waals surface area contributed by atoms with Crippen molar-refractivity contribution in [1.29, 1.82) is 0 Å². The number of hydrogen-bond donors (Lipinski definition) is 1. The number of aryl methyl sites for hydroxylation is 2. The van der Waals surface area contributed by atoms with Gasteiger partial charge in [0.2, 0.25) is 0 Å². The number of halogens is 3. The highest BCUT2D eigenvalue weighted by Crippen LogP contribution is 2.30. The Bertz CT molecular complexity index is 1400. The van der Waals surface area contributed by atoms with Crippen LogP contribution >= 0.6 is 0 Å². The van der Waals surface area contributed by atoms with E-state index in [1.54, 1.807) is 48.5 Å². The molecule has 2 nitrogen and oxygen atoms in total. The number of aliphatic hydroxyl groups excluding tert-OH is 1. The molecular formula is C34H33F3O2. The molecule has 1 unspecified atom stereocenters. The van der Waals surface area contributed by atoms with Crippen molar-refractivity contribution in [2.75, 3.05) is 6.61 Å². The lowest BCUT2D eigenvalue weighted by atomic mass is 9.96. The van der Waals surface area contributed by atoms with Crippen LogP contribution in [-0.2, 0) is 12.8 Å². The maximum absolute atomic E-state index is 15.0. The molecule has 4 rings (SSSR count). The minimum atomic E-state index is -0.872. The van der Waals surface area contributed by atoms with Gasteiger partial charge in [0.1, 0.15) is 0 Å². The molecule has 0 fully saturated rings. The first-order valence-electron chi connectivity index (χ1n) is 13.3. The number of rotatable bonds is 12. The maximum Gasteiger partial charge on any atom is 0.166 e. The molecule has 0 spiro atoms. The minimum absolute atomic E-state index is 0.196. The van der Waals surface area contributed by atoms with E-state index in [1.807, 2.05) is 37.3 Å². The average Bonchev–Trinajstić information content (AvgIpc) is 2.95. The molecule has 0 aliphatic rings. The summed E-state index contributed by atoms with van der Waals surface area (Å²) in [5.41, 5.74) is 4.38. The van der Waals surface area contributed by atoms with Gasteiger partial charge >= 0.3 is 0 Å². The van der Waals surface area contributed by atoms with Gasteiger partial charge in [-0.15, -0.1) is 6.58 Å². The highest BCUT2D eigenvalue weighted by molar-refractivity contribution is 5.66. The molecule has 0 amide bonds. The van der Waals surface area contributed by atoms with Gasteiger partial charge in [0, 0.05) is 5.56 Å². The van der Waals surface area contributed by atoms with E-state index in [0.717, 1.165) is 28.7 Å². The monoisotopic (exact) mass is 530 g/mol. The van der Waals surface area contributed by atoms with Crippen molar-refractivity contribution in [2.24, 2.45) is 0 Å². The van der Waals surface area contributed by atoms with Crippen molar-refractivity contribution in [3.8, 4) is 28.0 Å². The van der Waals surface area contributed by atoms with Gasteiger partial charge in [-0.2, -0.15) is 0 Å². The van der Waals surface area contributed by atoms with E-state index in [-0.39, 0.29) is 11.3 Å². The molecule has 0 saturated heterocycles. The second kappa shape index (κ2) is 13.3. The smallest absolute Gasteiger partial charge is 0.166 e. The zero-order chi connectivity index (χ0) is 27.8. The largest absolute Gasteiger partial charge is 0.490 e. The zero-order valence-electron chi connectivity index (χ0n) is 22.1. The normalized spacial score (nSPS) is 11.8. The van der Waals surface area contributed by atoms with Crippen LogP contribution < -0.4 is 4.74 Å². The van der Waals surface area contributed by atoms with Gasteiger partial charge in [-0.05, 0) is 71.2 Å². The quantitative estimate of drug-likeness (QED) is 0.146. The van der Waals surface area contributed by atoms with Crippen molar-refractivity contribution < 1.29 is 23.0 Å². The number of hydrogen-bond acceptors (Lipinski definition) is 2. The highest BCUT2D eigenvalue weighted by Gasteiger charge is 2.16. The summed E-state index contributed by atoms with van der Waals surface area (Å²) in [6.07, 6.45) is 4.18. The van der Waals surface area contributed by atoms with Crippen LogP contribution in [-0.4, -0.2) is 11.7 Å². The Morgan fingerprint density at radius 3 is 2.18 bits per heavy atom. The van der Waals surface area contributed by atoms with E-state index < -0.39 is 23.6 Å². The van der Waals surface area contributed by atoms with Crippen LogP contribution in [0.3, 0.4) is 0 Å². The zero-order valence-corrected chi connectivity index (χ0v) is 22.1. The van der Waals surface area contributed by atoms with Gasteiger partial charge in [0.05, 0.1) is 12.7 Å². The van der Waals surface area contributed by atoms with Gasteiger partial charge in [-0.3, -0.25) is 0 Å². The molecule has 1 N–H and O–H groups in total. The van der Waals surface area contributed by atoms with Crippen molar-refractivity contribution in [3.05, 3.63) is 126 Å². The fraction of sp³-hybridized carbons (Fsp3) is 0.235. The third-order valence-electron chi connectivity index (χ3n) is 6.81. The van der Waals surface area contributed by atoms with Crippen LogP contribution in [0, 0.1) is 17.5 Å². The van der Waals surface area contributed by atoms with Crippen LogP contribution in [0.5, 0.6) is 5.75 Å². The third kappa shape index (κ3) is 6.98. The molecule has 0 saturated carbocycles. The Hall–Kier alpha value is -3.83. The van der Waals surface area contributed by atoms with Crippen LogP contribution in [0.2, 0.25) is 0 Å². The molecule has 202 valence electrons. The minimum Gasteiger partial charge on any atom is -0.490 e. The molecule has 0 aliphatic heterocycles. The molecule has 4 aromatic carbocycles. The third-order valence-corrected chi connectivity index (χ3v) is 6.81. The Morgan fingerprint density at radius 1 is 0.821 bits per heavy atom. The lowest BCUT2D eigenvalue weighted by Crippen LogP contribution is -2.00. The molecule has 0 heterocycles. The molecule has 39 heavy (non-hydrogen) atoms. The van der Waals surface area contributed by atoms with Crippen molar-refractivity contribution in [2.45, 2.75) is 45.1 Å². The Kier molecular flexibility index (Phi) is 9.61. The van der Waals surface area contributed by atoms with Crippen LogP contribution in [0.25, 0.3) is 22.3 Å². The van der Waals surface area contributed by atoms with Crippen molar-refractivity contribution >= 4 is 0 Å². The van der Waals surface area contributed by atoms with Crippen LogP contribution in [0.1, 0.15) is 49.0 Å². The lowest BCUT2D eigenvalue weighted by Gasteiger charge is -2.12. The summed E-state index contributed by atoms with van der Waals surface area (Å²) in [7, 11) is 0. The number of ether oxygens (including phenoxy) is 1. The predicted molar refractivity (Wildman–Crippen MR) is 151 cm³/mol. The average molecular weight is 531 g/mol. The number of benzene rings is 4. The van der Waals surface area contributed by atoms with Crippen LogP contribution in [0.4, 0.5) is 13.2 Å². The molecule has 0 radical (unpaired) electrons. The van der Waals surface area contributed by atoms with Gasteiger partial charge in [0.25, 0.3) is 0 Å². The first-order chi connectivity index (χ1) is 18.9. The maximum atomic E-state index is 15.0. The SMILES string of the molecule is C=CCCOc1ccc(-c2ccc(CCc3ccc(-c4ccc(C(O)CCC)cc4)c(F)c3F)cc2)cc1F. The van der Waals surface area contributed by atoms with Gasteiger partial charge in [-0.1, -0.05) is 86.2 Å². The van der Waals surface area contributed by atoms with E-state index >= 15 is 0 Å².